The largest absolute Gasteiger partial charge is 0.325 e. The minimum absolute atomic E-state index is 0.137. The first-order valence-electron chi connectivity index (χ1n) is 9.61. The second kappa shape index (κ2) is 12.0. The van der Waals surface area contributed by atoms with Crippen molar-refractivity contribution in [1.82, 2.24) is 14.8 Å². The zero-order valence-electron chi connectivity index (χ0n) is 17.3. The predicted octanol–water partition coefficient (Wildman–Crippen LogP) is 6.90. The summed E-state index contributed by atoms with van der Waals surface area (Å²) in [6, 6.07) is 10.9. The molecule has 1 amide bonds. The molecule has 10 heteroatoms. The Morgan fingerprint density at radius 2 is 1.97 bits per heavy atom. The number of allylic oxidation sites excluding steroid dienone is 1. The van der Waals surface area contributed by atoms with Crippen LogP contribution in [0.25, 0.3) is 0 Å². The number of nitrogens with zero attached hydrogens (tertiary/aromatic N) is 3. The van der Waals surface area contributed by atoms with Crippen molar-refractivity contribution in [2.75, 3.05) is 11.1 Å². The number of carbonyl (C=O) groups excluding carboxylic acids is 1. The molecule has 0 spiro atoms. The van der Waals surface area contributed by atoms with E-state index in [2.05, 4.69) is 22.1 Å². The maximum atomic E-state index is 12.4. The van der Waals surface area contributed by atoms with Crippen LogP contribution < -0.4 is 5.32 Å². The van der Waals surface area contributed by atoms with Gasteiger partial charge in [0.25, 0.3) is 0 Å². The molecular formula is C22H21Cl3N4OS2. The highest BCUT2D eigenvalue weighted by Crippen LogP contribution is 2.27. The lowest BCUT2D eigenvalue weighted by Gasteiger charge is -2.10. The molecule has 0 bridgehead atoms. The molecule has 0 unspecified atom stereocenters. The van der Waals surface area contributed by atoms with Crippen LogP contribution in [0.3, 0.4) is 0 Å². The Balaban J connectivity index is 1.59. The van der Waals surface area contributed by atoms with Crippen LogP contribution in [0.15, 0.2) is 54.2 Å². The van der Waals surface area contributed by atoms with Crippen molar-refractivity contribution >= 4 is 69.9 Å². The van der Waals surface area contributed by atoms with Crippen LogP contribution in [0.1, 0.15) is 17.0 Å². The topological polar surface area (TPSA) is 59.8 Å². The van der Waals surface area contributed by atoms with Gasteiger partial charge in [0.2, 0.25) is 5.91 Å². The fourth-order valence-electron chi connectivity index (χ4n) is 2.80. The van der Waals surface area contributed by atoms with Crippen molar-refractivity contribution in [3.8, 4) is 0 Å². The highest BCUT2D eigenvalue weighted by atomic mass is 35.5. The maximum absolute atomic E-state index is 12.4. The molecule has 0 radical (unpaired) electrons. The van der Waals surface area contributed by atoms with E-state index in [1.807, 2.05) is 29.7 Å². The molecule has 1 heterocycles. The Hall–Kier alpha value is -1.64. The smallest absolute Gasteiger partial charge is 0.234 e. The molecule has 0 saturated carbocycles. The number of benzene rings is 2. The van der Waals surface area contributed by atoms with E-state index in [9.17, 15) is 4.79 Å². The number of hydrogen-bond donors (Lipinski definition) is 1. The molecule has 1 N–H and O–H groups in total. The molecule has 3 aromatic rings. The van der Waals surface area contributed by atoms with Crippen molar-refractivity contribution in [3.63, 3.8) is 0 Å². The molecule has 1 aromatic heterocycles. The molecule has 0 atom stereocenters. The summed E-state index contributed by atoms with van der Waals surface area (Å²) < 4.78 is 1.96. The van der Waals surface area contributed by atoms with Gasteiger partial charge in [-0.25, -0.2) is 0 Å². The van der Waals surface area contributed by atoms with Crippen LogP contribution >= 0.6 is 58.3 Å². The first-order valence-corrected chi connectivity index (χ1v) is 12.9. The van der Waals surface area contributed by atoms with Crippen molar-refractivity contribution < 1.29 is 4.79 Å². The Labute approximate surface area is 210 Å². The first-order chi connectivity index (χ1) is 15.4. The van der Waals surface area contributed by atoms with Gasteiger partial charge in [0.15, 0.2) is 5.16 Å². The maximum Gasteiger partial charge on any atom is 0.234 e. The van der Waals surface area contributed by atoms with Crippen LogP contribution in [0, 0.1) is 6.92 Å². The number of amides is 1. The van der Waals surface area contributed by atoms with Crippen molar-refractivity contribution in [1.29, 1.82) is 0 Å². The molecule has 0 saturated heterocycles. The Bertz CT molecular complexity index is 1120. The fourth-order valence-corrected chi connectivity index (χ4v) is 5.26. The summed E-state index contributed by atoms with van der Waals surface area (Å²) >= 11 is 21.3. The third-order valence-electron chi connectivity index (χ3n) is 4.48. The Kier molecular flexibility index (Phi) is 9.37. The van der Waals surface area contributed by atoms with Crippen LogP contribution in [0.4, 0.5) is 5.69 Å². The number of thioether (sulfide) groups is 2. The van der Waals surface area contributed by atoms with Crippen molar-refractivity contribution in [2.24, 2.45) is 0 Å². The summed E-state index contributed by atoms with van der Waals surface area (Å²) in [5, 5.41) is 14.0. The average Bonchev–Trinajstić information content (AvgIpc) is 3.13. The van der Waals surface area contributed by atoms with Gasteiger partial charge in [-0.15, -0.1) is 28.5 Å². The molecule has 0 aliphatic rings. The van der Waals surface area contributed by atoms with Gasteiger partial charge in [0, 0.05) is 33.1 Å². The van der Waals surface area contributed by atoms with Gasteiger partial charge in [-0.2, -0.15) is 0 Å². The van der Waals surface area contributed by atoms with Gasteiger partial charge in [-0.05, 0) is 42.3 Å². The molecule has 0 aliphatic carbocycles. The third kappa shape index (κ3) is 6.68. The van der Waals surface area contributed by atoms with Crippen LogP contribution in [-0.4, -0.2) is 26.4 Å². The molecule has 2 aromatic carbocycles. The molecule has 0 aliphatic heterocycles. The van der Waals surface area contributed by atoms with E-state index < -0.39 is 0 Å². The first kappa shape index (κ1) is 25.0. The monoisotopic (exact) mass is 526 g/mol. The summed E-state index contributed by atoms with van der Waals surface area (Å²) in [7, 11) is 0. The molecule has 0 fully saturated rings. The van der Waals surface area contributed by atoms with Crippen molar-refractivity contribution in [2.45, 2.75) is 30.1 Å². The fraction of sp³-hybridized carbons (Fsp3) is 0.227. The highest BCUT2D eigenvalue weighted by molar-refractivity contribution is 7.99. The average molecular weight is 528 g/mol. The number of halogens is 3. The Morgan fingerprint density at radius 3 is 2.72 bits per heavy atom. The summed E-state index contributed by atoms with van der Waals surface area (Å²) in [5.74, 6) is 2.25. The lowest BCUT2D eigenvalue weighted by Crippen LogP contribution is -2.15. The van der Waals surface area contributed by atoms with Crippen LogP contribution in [0.2, 0.25) is 15.1 Å². The van der Waals surface area contributed by atoms with E-state index >= 15 is 0 Å². The highest BCUT2D eigenvalue weighted by Gasteiger charge is 2.15. The summed E-state index contributed by atoms with van der Waals surface area (Å²) in [6.07, 6.45) is 1.78. The number of anilines is 1. The number of aromatic nitrogens is 3. The molecule has 3 rings (SSSR count). The third-order valence-corrected chi connectivity index (χ3v) is 7.42. The number of carbonyl (C=O) groups is 1. The quantitative estimate of drug-likeness (QED) is 0.230. The molecule has 5 nitrogen and oxygen atoms in total. The second-order valence-corrected chi connectivity index (χ2v) is 9.95. The van der Waals surface area contributed by atoms with E-state index in [4.69, 9.17) is 34.8 Å². The molecule has 168 valence electrons. The van der Waals surface area contributed by atoms with E-state index in [0.717, 1.165) is 22.7 Å². The predicted molar refractivity (Wildman–Crippen MR) is 137 cm³/mol. The molecule has 32 heavy (non-hydrogen) atoms. The standard InChI is InChI=1S/C22H21Cl3N4OS2/c1-3-9-29-20(12-31-11-15-7-8-16(23)10-18(15)25)27-28-22(29)32-13-21(30)26-19-6-4-5-17(24)14(19)2/h3-8,10H,1,9,11-13H2,2H3,(H,26,30). The summed E-state index contributed by atoms with van der Waals surface area (Å²) in [6.45, 7) is 6.25. The zero-order chi connectivity index (χ0) is 23.1. The van der Waals surface area contributed by atoms with E-state index in [1.54, 1.807) is 36.0 Å². The van der Waals surface area contributed by atoms with Gasteiger partial charge < -0.3 is 9.88 Å². The Morgan fingerprint density at radius 1 is 1.16 bits per heavy atom. The van der Waals surface area contributed by atoms with E-state index in [0.29, 0.717) is 38.2 Å². The van der Waals surface area contributed by atoms with Crippen LogP contribution in [-0.2, 0) is 22.8 Å². The normalized spacial score (nSPS) is 10.9. The van der Waals surface area contributed by atoms with E-state index in [1.165, 1.54) is 11.8 Å². The van der Waals surface area contributed by atoms with Gasteiger partial charge in [0.1, 0.15) is 5.82 Å². The van der Waals surface area contributed by atoms with E-state index in [-0.39, 0.29) is 11.7 Å². The lowest BCUT2D eigenvalue weighted by atomic mass is 10.2. The SMILES string of the molecule is C=CCn1c(CSCc2ccc(Cl)cc2Cl)nnc1SCC(=O)Nc1cccc(Cl)c1C. The van der Waals surface area contributed by atoms with Gasteiger partial charge in [-0.1, -0.05) is 64.8 Å². The lowest BCUT2D eigenvalue weighted by molar-refractivity contribution is -0.113. The van der Waals surface area contributed by atoms with Gasteiger partial charge in [0.05, 0.1) is 11.5 Å². The minimum atomic E-state index is -0.137. The zero-order valence-corrected chi connectivity index (χ0v) is 21.2. The minimum Gasteiger partial charge on any atom is -0.325 e. The van der Waals surface area contributed by atoms with Gasteiger partial charge >= 0.3 is 0 Å². The number of nitrogens with one attached hydrogen (secondary N) is 1. The van der Waals surface area contributed by atoms with Crippen molar-refractivity contribution in [3.05, 3.63) is 81.1 Å². The van der Waals surface area contributed by atoms with Crippen LogP contribution in [0.5, 0.6) is 0 Å². The van der Waals surface area contributed by atoms with Gasteiger partial charge in [-0.3, -0.25) is 4.79 Å². The molecular weight excluding hydrogens is 507 g/mol. The second-order valence-electron chi connectivity index (χ2n) is 6.78. The summed E-state index contributed by atoms with van der Waals surface area (Å²) in [5.41, 5.74) is 2.55. The number of hydrogen-bond acceptors (Lipinski definition) is 5. The summed E-state index contributed by atoms with van der Waals surface area (Å²) in [4.78, 5) is 12.4. The number of rotatable bonds is 10.